The molecule has 1 amide bonds. The molecule has 0 aliphatic carbocycles. The lowest BCUT2D eigenvalue weighted by Crippen LogP contribution is -2.38. The van der Waals surface area contributed by atoms with Crippen molar-refractivity contribution in [1.82, 2.24) is 14.8 Å². The van der Waals surface area contributed by atoms with E-state index < -0.39 is 0 Å². The Balaban J connectivity index is 1.51. The Labute approximate surface area is 166 Å². The second-order valence-electron chi connectivity index (χ2n) is 7.87. The van der Waals surface area contributed by atoms with E-state index in [4.69, 9.17) is 4.42 Å². The van der Waals surface area contributed by atoms with E-state index in [1.807, 2.05) is 12.1 Å². The van der Waals surface area contributed by atoms with Crippen LogP contribution in [0.2, 0.25) is 0 Å². The summed E-state index contributed by atoms with van der Waals surface area (Å²) in [6.45, 7) is 8.75. The second-order valence-corrected chi connectivity index (χ2v) is 7.87. The van der Waals surface area contributed by atoms with E-state index in [-0.39, 0.29) is 5.91 Å². The summed E-state index contributed by atoms with van der Waals surface area (Å²) in [6.07, 6.45) is 5.54. The van der Waals surface area contributed by atoms with Gasteiger partial charge in [0.2, 0.25) is 0 Å². The average Bonchev–Trinajstić information content (AvgIpc) is 3.28. The molecule has 0 unspecified atom stereocenters. The van der Waals surface area contributed by atoms with E-state index in [0.29, 0.717) is 18.8 Å². The second kappa shape index (κ2) is 8.23. The van der Waals surface area contributed by atoms with Gasteiger partial charge in [-0.1, -0.05) is 30.2 Å². The molecule has 1 aliphatic heterocycles. The van der Waals surface area contributed by atoms with Crippen molar-refractivity contribution in [2.75, 3.05) is 26.2 Å². The van der Waals surface area contributed by atoms with Gasteiger partial charge in [-0.05, 0) is 50.9 Å². The smallest absolute Gasteiger partial charge is 0.268 e. The third-order valence-corrected chi connectivity index (χ3v) is 5.75. The molecule has 5 heteroatoms. The van der Waals surface area contributed by atoms with E-state index >= 15 is 0 Å². The number of rotatable bonds is 6. The number of benzene rings is 1. The molecule has 4 rings (SSSR count). The fourth-order valence-corrected chi connectivity index (χ4v) is 4.08. The van der Waals surface area contributed by atoms with Crippen LogP contribution in [0.1, 0.15) is 46.4 Å². The summed E-state index contributed by atoms with van der Waals surface area (Å²) in [7, 11) is 0. The Hall–Kier alpha value is -2.53. The summed E-state index contributed by atoms with van der Waals surface area (Å²) >= 11 is 0. The molecular weight excluding hydrogens is 350 g/mol. The fraction of sp³-hybridized carbons (Fsp3) is 0.435. The molecule has 148 valence electrons. The number of fused-ring (bicyclic) bond motifs is 1. The van der Waals surface area contributed by atoms with Crippen molar-refractivity contribution in [2.24, 2.45) is 0 Å². The number of nitrogens with one attached hydrogen (secondary N) is 1. The van der Waals surface area contributed by atoms with Crippen LogP contribution in [0.5, 0.6) is 0 Å². The maximum absolute atomic E-state index is 12.9. The Morgan fingerprint density at radius 2 is 1.93 bits per heavy atom. The van der Waals surface area contributed by atoms with Crippen LogP contribution in [0.3, 0.4) is 0 Å². The summed E-state index contributed by atoms with van der Waals surface area (Å²) < 4.78 is 7.64. The summed E-state index contributed by atoms with van der Waals surface area (Å²) in [5, 5.41) is 3.11. The number of carbonyl (C=O) groups is 1. The molecule has 3 heterocycles. The number of furan rings is 1. The van der Waals surface area contributed by atoms with Crippen molar-refractivity contribution < 1.29 is 9.21 Å². The van der Waals surface area contributed by atoms with Gasteiger partial charge in [0, 0.05) is 31.8 Å². The molecule has 1 N–H and O–H groups in total. The molecule has 0 bridgehead atoms. The third-order valence-electron chi connectivity index (χ3n) is 5.75. The molecular formula is C23H29N3O2. The van der Waals surface area contributed by atoms with Crippen LogP contribution in [0.15, 0.2) is 41.0 Å². The molecule has 1 fully saturated rings. The minimum Gasteiger partial charge on any atom is -0.463 e. The van der Waals surface area contributed by atoms with Gasteiger partial charge in [0.1, 0.15) is 5.69 Å². The van der Waals surface area contributed by atoms with Gasteiger partial charge in [0.25, 0.3) is 5.91 Å². The van der Waals surface area contributed by atoms with Gasteiger partial charge in [-0.15, -0.1) is 0 Å². The van der Waals surface area contributed by atoms with E-state index in [1.165, 1.54) is 36.0 Å². The molecule has 3 aromatic rings. The molecule has 5 nitrogen and oxygen atoms in total. The van der Waals surface area contributed by atoms with Crippen molar-refractivity contribution >= 4 is 17.0 Å². The van der Waals surface area contributed by atoms with Gasteiger partial charge in [0.15, 0.2) is 5.58 Å². The number of nitrogens with zero attached hydrogens (tertiary/aromatic N) is 2. The van der Waals surface area contributed by atoms with Crippen molar-refractivity contribution in [3.8, 4) is 0 Å². The highest BCUT2D eigenvalue weighted by Crippen LogP contribution is 2.24. The number of aryl methyl sites for hydroxylation is 2. The van der Waals surface area contributed by atoms with E-state index in [9.17, 15) is 4.79 Å². The topological polar surface area (TPSA) is 50.4 Å². The Morgan fingerprint density at radius 1 is 1.11 bits per heavy atom. The van der Waals surface area contributed by atoms with Crippen LogP contribution >= 0.6 is 0 Å². The lowest BCUT2D eigenvalue weighted by Gasteiger charge is -2.26. The van der Waals surface area contributed by atoms with E-state index in [2.05, 4.69) is 46.8 Å². The van der Waals surface area contributed by atoms with Crippen LogP contribution in [0.25, 0.3) is 11.1 Å². The first-order valence-electron chi connectivity index (χ1n) is 10.3. The number of carbonyl (C=O) groups excluding carboxylic acids is 1. The van der Waals surface area contributed by atoms with Crippen LogP contribution in [-0.4, -0.2) is 41.6 Å². The fourth-order valence-electron chi connectivity index (χ4n) is 4.08. The molecule has 0 saturated carbocycles. The predicted octanol–water partition coefficient (Wildman–Crippen LogP) is 4.12. The van der Waals surface area contributed by atoms with Gasteiger partial charge in [0.05, 0.1) is 11.8 Å². The zero-order valence-electron chi connectivity index (χ0n) is 16.8. The highest BCUT2D eigenvalue weighted by Gasteiger charge is 2.18. The number of hydrogen-bond donors (Lipinski definition) is 1. The Kier molecular flexibility index (Phi) is 5.53. The van der Waals surface area contributed by atoms with Crippen molar-refractivity contribution in [3.05, 3.63) is 59.0 Å². The summed E-state index contributed by atoms with van der Waals surface area (Å²) in [4.78, 5) is 15.4. The minimum absolute atomic E-state index is 0.0336. The summed E-state index contributed by atoms with van der Waals surface area (Å²) in [5.74, 6) is -0.0336. The molecule has 1 aliphatic rings. The zero-order chi connectivity index (χ0) is 19.5. The van der Waals surface area contributed by atoms with Gasteiger partial charge >= 0.3 is 0 Å². The highest BCUT2D eigenvalue weighted by molar-refractivity contribution is 5.97. The summed E-state index contributed by atoms with van der Waals surface area (Å²) in [6, 6.07) is 10.2. The zero-order valence-corrected chi connectivity index (χ0v) is 16.8. The van der Waals surface area contributed by atoms with Crippen molar-refractivity contribution in [1.29, 1.82) is 0 Å². The number of likely N-dealkylation sites (tertiary alicyclic amines) is 1. The lowest BCUT2D eigenvalue weighted by atomic mass is 10.1. The first kappa shape index (κ1) is 18.8. The Bertz CT molecular complexity index is 964. The SMILES string of the molecule is Cc1ccc(C)c(Cn2c(C(=O)NCCN3CCCCC3)cc3occc32)c1. The monoisotopic (exact) mass is 379 g/mol. The number of piperidine rings is 1. The maximum Gasteiger partial charge on any atom is 0.268 e. The number of hydrogen-bond acceptors (Lipinski definition) is 3. The molecule has 1 aromatic carbocycles. The quantitative estimate of drug-likeness (QED) is 0.701. The maximum atomic E-state index is 12.9. The van der Waals surface area contributed by atoms with Gasteiger partial charge < -0.3 is 19.2 Å². The molecule has 28 heavy (non-hydrogen) atoms. The molecule has 0 atom stereocenters. The van der Waals surface area contributed by atoms with E-state index in [1.54, 1.807) is 6.26 Å². The largest absolute Gasteiger partial charge is 0.463 e. The highest BCUT2D eigenvalue weighted by atomic mass is 16.3. The standard InChI is InChI=1S/C23H29N3O2/c1-17-6-7-18(2)19(14-17)16-26-20-8-13-28-22(20)15-21(26)23(27)24-9-12-25-10-4-3-5-11-25/h6-8,13-15H,3-5,9-12,16H2,1-2H3,(H,24,27). The minimum atomic E-state index is -0.0336. The number of aromatic nitrogens is 1. The average molecular weight is 380 g/mol. The van der Waals surface area contributed by atoms with Crippen LogP contribution in [-0.2, 0) is 6.54 Å². The van der Waals surface area contributed by atoms with Crippen molar-refractivity contribution in [2.45, 2.75) is 39.7 Å². The van der Waals surface area contributed by atoms with E-state index in [0.717, 1.165) is 30.7 Å². The summed E-state index contributed by atoms with van der Waals surface area (Å²) in [5.41, 5.74) is 6.06. The lowest BCUT2D eigenvalue weighted by molar-refractivity contribution is 0.0938. The van der Waals surface area contributed by atoms with Gasteiger partial charge in [-0.25, -0.2) is 0 Å². The molecule has 1 saturated heterocycles. The molecule has 2 aromatic heterocycles. The first-order valence-corrected chi connectivity index (χ1v) is 10.3. The van der Waals surface area contributed by atoms with Gasteiger partial charge in [-0.2, -0.15) is 0 Å². The van der Waals surface area contributed by atoms with Crippen LogP contribution < -0.4 is 5.32 Å². The van der Waals surface area contributed by atoms with Crippen molar-refractivity contribution in [3.63, 3.8) is 0 Å². The third kappa shape index (κ3) is 3.99. The number of amides is 1. The van der Waals surface area contributed by atoms with Gasteiger partial charge in [-0.3, -0.25) is 4.79 Å². The predicted molar refractivity (Wildman–Crippen MR) is 112 cm³/mol. The first-order chi connectivity index (χ1) is 13.6. The Morgan fingerprint density at radius 3 is 2.75 bits per heavy atom. The molecule has 0 spiro atoms. The molecule has 0 radical (unpaired) electrons. The van der Waals surface area contributed by atoms with Crippen LogP contribution in [0, 0.1) is 13.8 Å². The normalized spacial score (nSPS) is 15.2. The van der Waals surface area contributed by atoms with Crippen LogP contribution in [0.4, 0.5) is 0 Å².